The first-order valence-electron chi connectivity index (χ1n) is 4.63. The Morgan fingerprint density at radius 2 is 2.27 bits per heavy atom. The summed E-state index contributed by atoms with van der Waals surface area (Å²) in [6.07, 6.45) is 0. The second-order valence-electron chi connectivity index (χ2n) is 3.09. The Kier molecular flexibility index (Phi) is 4.86. The maximum Gasteiger partial charge on any atom is 0.152 e. The Bertz CT molecular complexity index is 366. The third-order valence-corrected chi connectivity index (χ3v) is 3.12. The summed E-state index contributed by atoms with van der Waals surface area (Å²) in [5.74, 6) is 0.618. The zero-order chi connectivity index (χ0) is 11.4. The summed E-state index contributed by atoms with van der Waals surface area (Å²) in [5, 5.41) is -0.624. The molecule has 0 N–H and O–H groups in total. The molecule has 1 aromatic rings. The van der Waals surface area contributed by atoms with E-state index in [-0.39, 0.29) is 5.78 Å². The van der Waals surface area contributed by atoms with Crippen LogP contribution in [0.1, 0.15) is 24.8 Å². The molecule has 0 fully saturated rings. The van der Waals surface area contributed by atoms with Gasteiger partial charge in [-0.3, -0.25) is 4.79 Å². The first-order valence-corrected chi connectivity index (χ1v) is 6.14. The summed E-state index contributed by atoms with van der Waals surface area (Å²) in [6, 6.07) is 5.66. The second-order valence-corrected chi connectivity index (χ2v) is 4.77. The lowest BCUT2D eigenvalue weighted by Crippen LogP contribution is -2.05. The lowest BCUT2D eigenvalue weighted by atomic mass is 10.1. The molecule has 4 heteroatoms. The normalized spacial score (nSPS) is 12.3. The van der Waals surface area contributed by atoms with Crippen LogP contribution in [0.2, 0.25) is 0 Å². The molecule has 1 aromatic carbocycles. The highest BCUT2D eigenvalue weighted by Gasteiger charge is 2.18. The first-order chi connectivity index (χ1) is 7.06. The zero-order valence-electron chi connectivity index (χ0n) is 8.59. The molecular formula is C11H12ClIO2. The minimum atomic E-state index is -0.624. The highest BCUT2D eigenvalue weighted by atomic mass is 127. The number of benzene rings is 1. The van der Waals surface area contributed by atoms with Crippen LogP contribution < -0.4 is 4.74 Å². The lowest BCUT2D eigenvalue weighted by Gasteiger charge is -2.13. The number of halogens is 2. The quantitative estimate of drug-likeness (QED) is 0.620. The van der Waals surface area contributed by atoms with Gasteiger partial charge in [0.2, 0.25) is 0 Å². The van der Waals surface area contributed by atoms with Crippen LogP contribution in [0.5, 0.6) is 5.75 Å². The van der Waals surface area contributed by atoms with Gasteiger partial charge in [-0.25, -0.2) is 0 Å². The molecule has 0 aliphatic carbocycles. The number of hydrogen-bond acceptors (Lipinski definition) is 2. The van der Waals surface area contributed by atoms with Crippen molar-refractivity contribution in [3.63, 3.8) is 0 Å². The summed E-state index contributed by atoms with van der Waals surface area (Å²) in [7, 11) is 0. The maximum atomic E-state index is 11.2. The van der Waals surface area contributed by atoms with E-state index in [1.807, 2.05) is 25.1 Å². The molecule has 15 heavy (non-hydrogen) atoms. The number of ketones is 1. The number of rotatable bonds is 4. The summed E-state index contributed by atoms with van der Waals surface area (Å²) in [6.45, 7) is 3.95. The van der Waals surface area contributed by atoms with Crippen molar-refractivity contribution in [3.8, 4) is 5.75 Å². The molecule has 0 bridgehead atoms. The van der Waals surface area contributed by atoms with E-state index in [4.69, 9.17) is 16.3 Å². The Hall–Kier alpha value is -0.290. The van der Waals surface area contributed by atoms with Crippen LogP contribution in [0, 0.1) is 3.57 Å². The fourth-order valence-electron chi connectivity index (χ4n) is 1.22. The molecule has 1 unspecified atom stereocenters. The van der Waals surface area contributed by atoms with Crippen molar-refractivity contribution in [3.05, 3.63) is 27.3 Å². The van der Waals surface area contributed by atoms with Gasteiger partial charge in [0.25, 0.3) is 0 Å². The van der Waals surface area contributed by atoms with E-state index < -0.39 is 5.38 Å². The molecular weight excluding hydrogens is 326 g/mol. The third-order valence-electron chi connectivity index (χ3n) is 1.90. The van der Waals surface area contributed by atoms with E-state index in [9.17, 15) is 4.79 Å². The van der Waals surface area contributed by atoms with Crippen molar-refractivity contribution in [2.24, 2.45) is 0 Å². The molecule has 1 atom stereocenters. The fourth-order valence-corrected chi connectivity index (χ4v) is 1.91. The third kappa shape index (κ3) is 3.34. The number of carbonyl (C=O) groups excluding carboxylic acids is 1. The van der Waals surface area contributed by atoms with Crippen LogP contribution in [0.15, 0.2) is 18.2 Å². The summed E-state index contributed by atoms with van der Waals surface area (Å²) in [5.41, 5.74) is 0.748. The summed E-state index contributed by atoms with van der Waals surface area (Å²) in [4.78, 5) is 11.2. The van der Waals surface area contributed by atoms with Gasteiger partial charge in [0.15, 0.2) is 5.78 Å². The molecule has 0 amide bonds. The van der Waals surface area contributed by atoms with Crippen LogP contribution >= 0.6 is 34.2 Å². The van der Waals surface area contributed by atoms with Gasteiger partial charge < -0.3 is 4.74 Å². The summed E-state index contributed by atoms with van der Waals surface area (Å²) >= 11 is 8.20. The van der Waals surface area contributed by atoms with Crippen molar-refractivity contribution >= 4 is 40.0 Å². The van der Waals surface area contributed by atoms with E-state index in [1.165, 1.54) is 6.92 Å². The molecule has 82 valence electrons. The minimum absolute atomic E-state index is 0.0698. The molecule has 0 heterocycles. The van der Waals surface area contributed by atoms with Crippen LogP contribution in [0.4, 0.5) is 0 Å². The van der Waals surface area contributed by atoms with Gasteiger partial charge in [-0.2, -0.15) is 0 Å². The van der Waals surface area contributed by atoms with Crippen molar-refractivity contribution in [2.45, 2.75) is 19.2 Å². The Morgan fingerprint density at radius 3 is 2.80 bits per heavy atom. The lowest BCUT2D eigenvalue weighted by molar-refractivity contribution is -0.116. The van der Waals surface area contributed by atoms with Gasteiger partial charge in [-0.15, -0.1) is 11.6 Å². The Balaban J connectivity index is 3.11. The smallest absolute Gasteiger partial charge is 0.152 e. The summed E-state index contributed by atoms with van der Waals surface area (Å²) < 4.78 is 6.46. The van der Waals surface area contributed by atoms with Crippen molar-refractivity contribution in [1.29, 1.82) is 0 Å². The number of Topliss-reactive ketones (excluding diaryl/α,β-unsaturated/α-hetero) is 1. The van der Waals surface area contributed by atoms with Gasteiger partial charge in [0.1, 0.15) is 11.1 Å². The maximum absolute atomic E-state index is 11.2. The van der Waals surface area contributed by atoms with Gasteiger partial charge >= 0.3 is 0 Å². The van der Waals surface area contributed by atoms with Crippen LogP contribution in [0.3, 0.4) is 0 Å². The van der Waals surface area contributed by atoms with Gasteiger partial charge in [-0.05, 0) is 54.6 Å². The predicted molar refractivity (Wildman–Crippen MR) is 69.6 cm³/mol. The molecule has 0 aliphatic rings. The molecule has 1 rings (SSSR count). The molecule has 2 nitrogen and oxygen atoms in total. The van der Waals surface area contributed by atoms with E-state index in [2.05, 4.69) is 22.6 Å². The molecule has 0 radical (unpaired) electrons. The average Bonchev–Trinajstić information content (AvgIpc) is 2.20. The molecule has 0 aromatic heterocycles. The van der Waals surface area contributed by atoms with Crippen LogP contribution in [-0.2, 0) is 4.79 Å². The van der Waals surface area contributed by atoms with E-state index in [0.717, 1.165) is 9.13 Å². The van der Waals surface area contributed by atoms with E-state index in [0.29, 0.717) is 12.4 Å². The number of hydrogen-bond donors (Lipinski definition) is 0. The highest BCUT2D eigenvalue weighted by Crippen LogP contribution is 2.31. The molecule has 0 spiro atoms. The Morgan fingerprint density at radius 1 is 1.60 bits per heavy atom. The zero-order valence-corrected chi connectivity index (χ0v) is 11.5. The molecule has 0 saturated heterocycles. The van der Waals surface area contributed by atoms with Crippen LogP contribution in [-0.4, -0.2) is 12.4 Å². The van der Waals surface area contributed by atoms with Gasteiger partial charge in [-0.1, -0.05) is 0 Å². The molecule has 0 saturated carbocycles. The SMILES string of the molecule is CCOc1ccc(I)cc1C(Cl)C(C)=O. The highest BCUT2D eigenvalue weighted by molar-refractivity contribution is 14.1. The largest absolute Gasteiger partial charge is 0.494 e. The molecule has 0 aliphatic heterocycles. The number of ether oxygens (including phenoxy) is 1. The van der Waals surface area contributed by atoms with Crippen molar-refractivity contribution in [1.82, 2.24) is 0 Å². The standard InChI is InChI=1S/C11H12ClIO2/c1-3-15-10-5-4-8(13)6-9(10)11(12)7(2)14/h4-6,11H,3H2,1-2H3. The monoisotopic (exact) mass is 338 g/mol. The van der Waals surface area contributed by atoms with E-state index in [1.54, 1.807) is 0 Å². The van der Waals surface area contributed by atoms with Gasteiger partial charge in [0, 0.05) is 9.13 Å². The topological polar surface area (TPSA) is 26.3 Å². The number of carbonyl (C=O) groups is 1. The Labute approximate surface area is 108 Å². The fraction of sp³-hybridized carbons (Fsp3) is 0.364. The van der Waals surface area contributed by atoms with Crippen molar-refractivity contribution in [2.75, 3.05) is 6.61 Å². The predicted octanol–water partition coefficient (Wildman–Crippen LogP) is 3.56. The second kappa shape index (κ2) is 5.70. The number of alkyl halides is 1. The average molecular weight is 339 g/mol. The van der Waals surface area contributed by atoms with Gasteiger partial charge in [0.05, 0.1) is 6.61 Å². The van der Waals surface area contributed by atoms with Crippen molar-refractivity contribution < 1.29 is 9.53 Å². The van der Waals surface area contributed by atoms with Crippen LogP contribution in [0.25, 0.3) is 0 Å². The minimum Gasteiger partial charge on any atom is -0.494 e. The first kappa shape index (κ1) is 12.8. The van der Waals surface area contributed by atoms with E-state index >= 15 is 0 Å².